The minimum Gasteiger partial charge on any atom is -0.476 e. The number of benzene rings is 1. The maximum absolute atomic E-state index is 9.18. The van der Waals surface area contributed by atoms with Crippen molar-refractivity contribution < 1.29 is 9.84 Å². The molecule has 1 rings (SSSR count). The lowest BCUT2D eigenvalue weighted by molar-refractivity contribution is 0.195. The summed E-state index contributed by atoms with van der Waals surface area (Å²) in [6.07, 6.45) is -0.143. The molecule has 0 aliphatic carbocycles. The molecule has 0 saturated heterocycles. The monoisotopic (exact) mass is 205 g/mol. The molecular weight excluding hydrogens is 190 g/mol. The predicted molar refractivity (Wildman–Crippen MR) is 57.5 cm³/mol. The average molecular weight is 205 g/mol. The van der Waals surface area contributed by atoms with E-state index in [0.717, 1.165) is 5.56 Å². The van der Waals surface area contributed by atoms with E-state index in [1.807, 2.05) is 30.3 Å². The Morgan fingerprint density at radius 2 is 1.93 bits per heavy atom. The predicted octanol–water partition coefficient (Wildman–Crippen LogP) is 1.90. The minimum atomic E-state index is -0.437. The average Bonchev–Trinajstić information content (AvgIpc) is 2.20. The molecule has 0 fully saturated rings. The van der Waals surface area contributed by atoms with Crippen molar-refractivity contribution in [3.8, 4) is 11.8 Å². The molecule has 0 amide bonds. The van der Waals surface area contributed by atoms with Gasteiger partial charge in [-0.3, -0.25) is 0 Å². The van der Waals surface area contributed by atoms with Gasteiger partial charge >= 0.3 is 0 Å². The van der Waals surface area contributed by atoms with Crippen LogP contribution >= 0.6 is 0 Å². The maximum atomic E-state index is 9.18. The lowest BCUT2D eigenvalue weighted by Gasteiger charge is -2.09. The normalized spacial score (nSPS) is 14.0. The summed E-state index contributed by atoms with van der Waals surface area (Å²) in [5, 5.41) is 17.7. The molecule has 3 heteroatoms. The molecule has 1 N–H and O–H groups in total. The largest absolute Gasteiger partial charge is 0.476 e. The zero-order chi connectivity index (χ0) is 11.3. The summed E-state index contributed by atoms with van der Waals surface area (Å²) in [7, 11) is 0. The van der Waals surface area contributed by atoms with Gasteiger partial charge in [0.2, 0.25) is 0 Å². The molecule has 3 nitrogen and oxygen atoms in total. The van der Waals surface area contributed by atoms with Crippen molar-refractivity contribution in [1.29, 1.82) is 5.26 Å². The van der Waals surface area contributed by atoms with Crippen LogP contribution in [0, 0.1) is 11.3 Å². The number of ether oxygens (including phenoxy) is 1. The lowest BCUT2D eigenvalue weighted by Crippen LogP contribution is -2.08. The standard InChI is InChI=1S/C12H15NO2/c1-9(14)7-11-3-5-12(6-4-11)15-10(2)8-13/h3-6,9-10,14H,7H2,1-2H3. The molecule has 0 aliphatic rings. The number of hydrogen-bond acceptors (Lipinski definition) is 3. The summed E-state index contributed by atoms with van der Waals surface area (Å²) < 4.78 is 5.30. The fourth-order valence-corrected chi connectivity index (χ4v) is 1.28. The molecule has 2 unspecified atom stereocenters. The third-order valence-electron chi connectivity index (χ3n) is 1.95. The van der Waals surface area contributed by atoms with Crippen LogP contribution in [0.5, 0.6) is 5.75 Å². The molecule has 0 saturated carbocycles. The summed E-state index contributed by atoms with van der Waals surface area (Å²) in [5.41, 5.74) is 1.06. The molecular formula is C12H15NO2. The van der Waals surface area contributed by atoms with Crippen molar-refractivity contribution in [1.82, 2.24) is 0 Å². The van der Waals surface area contributed by atoms with E-state index in [-0.39, 0.29) is 6.10 Å². The molecule has 0 spiro atoms. The van der Waals surface area contributed by atoms with E-state index in [1.54, 1.807) is 13.8 Å². The Morgan fingerprint density at radius 1 is 1.33 bits per heavy atom. The van der Waals surface area contributed by atoms with Crippen LogP contribution in [0.4, 0.5) is 0 Å². The third kappa shape index (κ3) is 4.01. The van der Waals surface area contributed by atoms with Crippen molar-refractivity contribution >= 4 is 0 Å². The minimum absolute atomic E-state index is 0.338. The van der Waals surface area contributed by atoms with Gasteiger partial charge in [0.25, 0.3) is 0 Å². The molecule has 15 heavy (non-hydrogen) atoms. The van der Waals surface area contributed by atoms with Crippen LogP contribution in [0.15, 0.2) is 24.3 Å². The van der Waals surface area contributed by atoms with Crippen molar-refractivity contribution in [3.63, 3.8) is 0 Å². The van der Waals surface area contributed by atoms with Crippen molar-refractivity contribution in [2.45, 2.75) is 32.5 Å². The first-order chi connectivity index (χ1) is 7.11. The molecule has 80 valence electrons. The molecule has 0 aliphatic heterocycles. The Kier molecular flexibility index (Phi) is 4.14. The van der Waals surface area contributed by atoms with E-state index >= 15 is 0 Å². The zero-order valence-corrected chi connectivity index (χ0v) is 8.97. The number of aliphatic hydroxyl groups excluding tert-OH is 1. The van der Waals surface area contributed by atoms with E-state index in [1.165, 1.54) is 0 Å². The first kappa shape index (κ1) is 11.5. The van der Waals surface area contributed by atoms with Crippen LogP contribution in [0.3, 0.4) is 0 Å². The topological polar surface area (TPSA) is 53.2 Å². The van der Waals surface area contributed by atoms with Gasteiger partial charge in [0, 0.05) is 0 Å². The number of rotatable bonds is 4. The van der Waals surface area contributed by atoms with E-state index in [0.29, 0.717) is 12.2 Å². The third-order valence-corrected chi connectivity index (χ3v) is 1.95. The fourth-order valence-electron chi connectivity index (χ4n) is 1.28. The number of nitrogens with zero attached hydrogens (tertiary/aromatic N) is 1. The smallest absolute Gasteiger partial charge is 0.181 e. The molecule has 0 bridgehead atoms. The zero-order valence-electron chi connectivity index (χ0n) is 8.97. The second kappa shape index (κ2) is 5.38. The second-order valence-corrected chi connectivity index (χ2v) is 3.59. The van der Waals surface area contributed by atoms with Crippen LogP contribution in [0.1, 0.15) is 19.4 Å². The van der Waals surface area contributed by atoms with Crippen LogP contribution in [0.2, 0.25) is 0 Å². The summed E-state index contributed by atoms with van der Waals surface area (Å²) >= 11 is 0. The van der Waals surface area contributed by atoms with Gasteiger partial charge in [0.1, 0.15) is 11.8 Å². The van der Waals surface area contributed by atoms with E-state index in [2.05, 4.69) is 0 Å². The summed E-state index contributed by atoms with van der Waals surface area (Å²) in [6.45, 7) is 3.45. The first-order valence-electron chi connectivity index (χ1n) is 4.95. The summed E-state index contributed by atoms with van der Waals surface area (Å²) in [6, 6.07) is 9.41. The summed E-state index contributed by atoms with van der Waals surface area (Å²) in [5.74, 6) is 0.679. The molecule has 0 radical (unpaired) electrons. The van der Waals surface area contributed by atoms with Gasteiger partial charge in [-0.15, -0.1) is 0 Å². The highest BCUT2D eigenvalue weighted by atomic mass is 16.5. The van der Waals surface area contributed by atoms with Crippen molar-refractivity contribution in [3.05, 3.63) is 29.8 Å². The highest BCUT2D eigenvalue weighted by Crippen LogP contribution is 2.14. The van der Waals surface area contributed by atoms with Gasteiger partial charge in [-0.1, -0.05) is 12.1 Å². The van der Waals surface area contributed by atoms with Gasteiger partial charge in [-0.05, 0) is 38.0 Å². The second-order valence-electron chi connectivity index (χ2n) is 3.59. The Balaban J connectivity index is 2.61. The van der Waals surface area contributed by atoms with Gasteiger partial charge < -0.3 is 9.84 Å². The maximum Gasteiger partial charge on any atom is 0.181 e. The van der Waals surface area contributed by atoms with Crippen LogP contribution in [-0.4, -0.2) is 17.3 Å². The number of aliphatic hydroxyl groups is 1. The van der Waals surface area contributed by atoms with E-state index in [4.69, 9.17) is 10.00 Å². The number of hydrogen-bond donors (Lipinski definition) is 1. The Morgan fingerprint density at radius 3 is 2.40 bits per heavy atom. The highest BCUT2D eigenvalue weighted by molar-refractivity contribution is 5.28. The van der Waals surface area contributed by atoms with E-state index < -0.39 is 6.10 Å². The molecule has 1 aromatic carbocycles. The van der Waals surface area contributed by atoms with Crippen LogP contribution < -0.4 is 4.74 Å². The van der Waals surface area contributed by atoms with E-state index in [9.17, 15) is 5.11 Å². The molecule has 2 atom stereocenters. The SMILES string of the molecule is CC(O)Cc1ccc(OC(C)C#N)cc1. The Labute approximate surface area is 89.9 Å². The van der Waals surface area contributed by atoms with Gasteiger partial charge in [-0.25, -0.2) is 0 Å². The highest BCUT2D eigenvalue weighted by Gasteiger charge is 2.02. The van der Waals surface area contributed by atoms with Crippen molar-refractivity contribution in [2.24, 2.45) is 0 Å². The quantitative estimate of drug-likeness (QED) is 0.816. The van der Waals surface area contributed by atoms with Crippen LogP contribution in [0.25, 0.3) is 0 Å². The molecule has 0 aromatic heterocycles. The Hall–Kier alpha value is -1.53. The van der Waals surface area contributed by atoms with Gasteiger partial charge in [-0.2, -0.15) is 5.26 Å². The first-order valence-corrected chi connectivity index (χ1v) is 4.95. The molecule has 0 heterocycles. The summed E-state index contributed by atoms with van der Waals surface area (Å²) in [4.78, 5) is 0. The van der Waals surface area contributed by atoms with Crippen molar-refractivity contribution in [2.75, 3.05) is 0 Å². The molecule has 1 aromatic rings. The number of nitriles is 1. The Bertz CT molecular complexity index is 338. The fraction of sp³-hybridized carbons (Fsp3) is 0.417. The van der Waals surface area contributed by atoms with Crippen LogP contribution in [-0.2, 0) is 6.42 Å². The van der Waals surface area contributed by atoms with Gasteiger partial charge in [0.05, 0.1) is 6.10 Å². The lowest BCUT2D eigenvalue weighted by atomic mass is 10.1. The van der Waals surface area contributed by atoms with Gasteiger partial charge in [0.15, 0.2) is 6.10 Å².